The number of nitrogens with one attached hydrogen (secondary N) is 1. The summed E-state index contributed by atoms with van der Waals surface area (Å²) >= 11 is 1.78. The van der Waals surface area contributed by atoms with Gasteiger partial charge in [0.1, 0.15) is 0 Å². The summed E-state index contributed by atoms with van der Waals surface area (Å²) in [6.07, 6.45) is 3.03. The van der Waals surface area contributed by atoms with E-state index in [0.717, 1.165) is 24.6 Å². The maximum Gasteiger partial charge on any atom is 0.0896 e. The van der Waals surface area contributed by atoms with Crippen molar-refractivity contribution in [3.05, 3.63) is 16.1 Å². The van der Waals surface area contributed by atoms with Gasteiger partial charge in [0.15, 0.2) is 0 Å². The number of hydrogen-bond donors (Lipinski definition) is 1. The molecule has 0 amide bonds. The van der Waals surface area contributed by atoms with Gasteiger partial charge in [-0.1, -0.05) is 13.8 Å². The molecule has 1 aromatic heterocycles. The van der Waals surface area contributed by atoms with Crippen LogP contribution in [0.5, 0.6) is 0 Å². The Labute approximate surface area is 102 Å². The quantitative estimate of drug-likeness (QED) is 0.796. The van der Waals surface area contributed by atoms with E-state index in [9.17, 15) is 0 Å². The van der Waals surface area contributed by atoms with E-state index < -0.39 is 0 Å². The van der Waals surface area contributed by atoms with Crippen molar-refractivity contribution in [3.8, 4) is 0 Å². The summed E-state index contributed by atoms with van der Waals surface area (Å²) < 4.78 is 5.20. The van der Waals surface area contributed by atoms with Crippen LogP contribution in [-0.2, 0) is 11.2 Å². The smallest absolute Gasteiger partial charge is 0.0896 e. The van der Waals surface area contributed by atoms with Gasteiger partial charge in [-0.15, -0.1) is 11.3 Å². The molecule has 1 rings (SSSR count). The zero-order valence-electron chi connectivity index (χ0n) is 10.6. The fourth-order valence-corrected chi connectivity index (χ4v) is 2.36. The monoisotopic (exact) mass is 242 g/mol. The Morgan fingerprint density at radius 3 is 2.75 bits per heavy atom. The van der Waals surface area contributed by atoms with Crippen LogP contribution in [0.3, 0.4) is 0 Å². The normalized spacial score (nSPS) is 13.3. The number of thiazole rings is 1. The third kappa shape index (κ3) is 4.60. The van der Waals surface area contributed by atoms with Crippen LogP contribution < -0.4 is 5.32 Å². The highest BCUT2D eigenvalue weighted by molar-refractivity contribution is 7.11. The highest BCUT2D eigenvalue weighted by atomic mass is 32.1. The molecule has 3 nitrogen and oxygen atoms in total. The lowest BCUT2D eigenvalue weighted by Gasteiger charge is -2.21. The maximum atomic E-state index is 5.20. The molecule has 0 aliphatic rings. The van der Waals surface area contributed by atoms with Crippen molar-refractivity contribution in [1.82, 2.24) is 10.3 Å². The minimum atomic E-state index is 0.444. The highest BCUT2D eigenvalue weighted by Gasteiger charge is 2.11. The molecular weight excluding hydrogens is 220 g/mol. The van der Waals surface area contributed by atoms with E-state index in [1.165, 1.54) is 4.88 Å². The predicted octanol–water partition coefficient (Wildman–Crippen LogP) is 2.25. The van der Waals surface area contributed by atoms with Crippen molar-refractivity contribution < 1.29 is 4.74 Å². The third-order valence-electron chi connectivity index (χ3n) is 2.60. The van der Waals surface area contributed by atoms with Gasteiger partial charge < -0.3 is 10.1 Å². The van der Waals surface area contributed by atoms with Gasteiger partial charge in [-0.05, 0) is 19.3 Å². The van der Waals surface area contributed by atoms with Crippen LogP contribution >= 0.6 is 11.3 Å². The van der Waals surface area contributed by atoms with Gasteiger partial charge in [-0.3, -0.25) is 0 Å². The summed E-state index contributed by atoms with van der Waals surface area (Å²) in [5.41, 5.74) is 0. The van der Waals surface area contributed by atoms with Gasteiger partial charge in [-0.2, -0.15) is 0 Å². The van der Waals surface area contributed by atoms with Gasteiger partial charge in [0.05, 0.1) is 11.6 Å². The second kappa shape index (κ2) is 6.99. The average molecular weight is 242 g/mol. The standard InChI is InChI=1S/C12H22N2OS/c1-9(2)12(8-15-4)13-6-5-11-7-14-10(3)16-11/h7,9,12-13H,5-6,8H2,1-4H3. The Hall–Kier alpha value is -0.450. The summed E-state index contributed by atoms with van der Waals surface area (Å²) in [4.78, 5) is 5.60. The molecule has 0 spiro atoms. The first-order valence-electron chi connectivity index (χ1n) is 5.77. The van der Waals surface area contributed by atoms with Crippen LogP contribution in [0.4, 0.5) is 0 Å². The van der Waals surface area contributed by atoms with E-state index in [-0.39, 0.29) is 0 Å². The Kier molecular flexibility index (Phi) is 5.95. The lowest BCUT2D eigenvalue weighted by atomic mass is 10.1. The summed E-state index contributed by atoms with van der Waals surface area (Å²) in [6, 6.07) is 0.444. The molecule has 0 aliphatic heterocycles. The molecule has 4 heteroatoms. The zero-order valence-corrected chi connectivity index (χ0v) is 11.4. The largest absolute Gasteiger partial charge is 0.383 e. The Bertz CT molecular complexity index is 299. The second-order valence-corrected chi connectivity index (χ2v) is 5.67. The molecule has 1 aromatic rings. The maximum absolute atomic E-state index is 5.20. The number of nitrogens with zero attached hydrogens (tertiary/aromatic N) is 1. The van der Waals surface area contributed by atoms with E-state index >= 15 is 0 Å². The Balaban J connectivity index is 2.27. The van der Waals surface area contributed by atoms with Crippen molar-refractivity contribution in [2.45, 2.75) is 33.2 Å². The Morgan fingerprint density at radius 1 is 1.50 bits per heavy atom. The summed E-state index contributed by atoms with van der Waals surface area (Å²) in [5, 5.41) is 4.68. The van der Waals surface area contributed by atoms with Crippen LogP contribution in [0.15, 0.2) is 6.20 Å². The molecule has 0 saturated heterocycles. The molecule has 0 radical (unpaired) electrons. The molecular formula is C12H22N2OS. The first-order valence-corrected chi connectivity index (χ1v) is 6.58. The second-order valence-electron chi connectivity index (χ2n) is 4.36. The SMILES string of the molecule is COCC(NCCc1cnc(C)s1)C(C)C. The topological polar surface area (TPSA) is 34.1 Å². The summed E-state index contributed by atoms with van der Waals surface area (Å²) in [7, 11) is 1.75. The first-order chi connectivity index (χ1) is 7.63. The fourth-order valence-electron chi connectivity index (χ4n) is 1.57. The third-order valence-corrected chi connectivity index (χ3v) is 3.57. The van der Waals surface area contributed by atoms with Crippen LogP contribution in [0.1, 0.15) is 23.7 Å². The molecule has 0 aliphatic carbocycles. The average Bonchev–Trinajstić information content (AvgIpc) is 2.63. The number of ether oxygens (including phenoxy) is 1. The number of aryl methyl sites for hydroxylation is 1. The van der Waals surface area contributed by atoms with Crippen molar-refractivity contribution in [3.63, 3.8) is 0 Å². The fraction of sp³-hybridized carbons (Fsp3) is 0.750. The molecule has 0 fully saturated rings. The van der Waals surface area contributed by atoms with E-state index in [1.54, 1.807) is 18.4 Å². The minimum absolute atomic E-state index is 0.444. The number of rotatable bonds is 7. The van der Waals surface area contributed by atoms with Crippen molar-refractivity contribution in [2.75, 3.05) is 20.3 Å². The van der Waals surface area contributed by atoms with E-state index in [1.807, 2.05) is 13.1 Å². The molecule has 1 atom stereocenters. The number of hydrogen-bond acceptors (Lipinski definition) is 4. The van der Waals surface area contributed by atoms with E-state index in [2.05, 4.69) is 24.1 Å². The lowest BCUT2D eigenvalue weighted by Crippen LogP contribution is -2.38. The van der Waals surface area contributed by atoms with Crippen LogP contribution in [-0.4, -0.2) is 31.3 Å². The van der Waals surface area contributed by atoms with Gasteiger partial charge in [0.2, 0.25) is 0 Å². The zero-order chi connectivity index (χ0) is 12.0. The Morgan fingerprint density at radius 2 is 2.25 bits per heavy atom. The lowest BCUT2D eigenvalue weighted by molar-refractivity contribution is 0.147. The minimum Gasteiger partial charge on any atom is -0.383 e. The van der Waals surface area contributed by atoms with E-state index in [0.29, 0.717) is 12.0 Å². The van der Waals surface area contributed by atoms with Gasteiger partial charge in [0.25, 0.3) is 0 Å². The molecule has 0 bridgehead atoms. The van der Waals surface area contributed by atoms with E-state index in [4.69, 9.17) is 4.74 Å². The number of aromatic nitrogens is 1. The van der Waals surface area contributed by atoms with Crippen LogP contribution in [0.2, 0.25) is 0 Å². The van der Waals surface area contributed by atoms with Crippen molar-refractivity contribution in [1.29, 1.82) is 0 Å². The molecule has 1 heterocycles. The molecule has 1 N–H and O–H groups in total. The van der Waals surface area contributed by atoms with Crippen LogP contribution in [0, 0.1) is 12.8 Å². The molecule has 1 unspecified atom stereocenters. The van der Waals surface area contributed by atoms with Crippen molar-refractivity contribution in [2.24, 2.45) is 5.92 Å². The van der Waals surface area contributed by atoms with Crippen LogP contribution in [0.25, 0.3) is 0 Å². The molecule has 0 aromatic carbocycles. The first kappa shape index (κ1) is 13.6. The van der Waals surface area contributed by atoms with Gasteiger partial charge in [-0.25, -0.2) is 4.98 Å². The summed E-state index contributed by atoms with van der Waals surface area (Å²) in [6.45, 7) is 8.25. The molecule has 16 heavy (non-hydrogen) atoms. The summed E-state index contributed by atoms with van der Waals surface area (Å²) in [5.74, 6) is 0.600. The highest BCUT2D eigenvalue weighted by Crippen LogP contribution is 2.11. The number of methoxy groups -OCH3 is 1. The molecule has 92 valence electrons. The van der Waals surface area contributed by atoms with Crippen molar-refractivity contribution >= 4 is 11.3 Å². The van der Waals surface area contributed by atoms with Gasteiger partial charge >= 0.3 is 0 Å². The van der Waals surface area contributed by atoms with Gasteiger partial charge in [0, 0.05) is 30.8 Å². The molecule has 0 saturated carbocycles. The predicted molar refractivity (Wildman–Crippen MR) is 69.1 cm³/mol.